The smallest absolute Gasteiger partial charge is 0.335 e. The van der Waals surface area contributed by atoms with Gasteiger partial charge in [-0.3, -0.25) is 0 Å². The second-order valence-electron chi connectivity index (χ2n) is 4.34. The summed E-state index contributed by atoms with van der Waals surface area (Å²) in [4.78, 5) is 10.8. The summed E-state index contributed by atoms with van der Waals surface area (Å²) in [5.41, 5.74) is 2.78. The van der Waals surface area contributed by atoms with Crippen LogP contribution in [-0.2, 0) is 12.8 Å². The van der Waals surface area contributed by atoms with Gasteiger partial charge in [0.05, 0.1) is 5.56 Å². The largest absolute Gasteiger partial charge is 0.478 e. The van der Waals surface area contributed by atoms with Crippen LogP contribution in [0.4, 0.5) is 0 Å². The summed E-state index contributed by atoms with van der Waals surface area (Å²) >= 11 is 0. The van der Waals surface area contributed by atoms with Gasteiger partial charge in [-0.25, -0.2) is 4.79 Å². The maximum Gasteiger partial charge on any atom is 0.335 e. The molecule has 2 nitrogen and oxygen atoms in total. The van der Waals surface area contributed by atoms with Crippen LogP contribution >= 0.6 is 0 Å². The van der Waals surface area contributed by atoms with Gasteiger partial charge in [0, 0.05) is 0 Å². The summed E-state index contributed by atoms with van der Waals surface area (Å²) in [7, 11) is 0. The second-order valence-corrected chi connectivity index (χ2v) is 4.34. The first-order valence-corrected chi connectivity index (χ1v) is 6.12. The number of carboxylic acids is 1. The first-order chi connectivity index (χ1) is 8.75. The minimum atomic E-state index is -0.861. The molecular weight excluding hydrogens is 224 g/mol. The van der Waals surface area contributed by atoms with Gasteiger partial charge >= 0.3 is 5.97 Å². The first kappa shape index (κ1) is 12.4. The fourth-order valence-electron chi connectivity index (χ4n) is 2.00. The fraction of sp³-hybridized carbons (Fsp3) is 0.188. The highest BCUT2D eigenvalue weighted by Crippen LogP contribution is 2.10. The van der Waals surface area contributed by atoms with Gasteiger partial charge in [-0.05, 0) is 42.5 Å². The third-order valence-electron chi connectivity index (χ3n) is 2.95. The van der Waals surface area contributed by atoms with Crippen molar-refractivity contribution in [2.75, 3.05) is 0 Å². The maximum absolute atomic E-state index is 10.8. The Morgan fingerprint density at radius 1 is 0.889 bits per heavy atom. The van der Waals surface area contributed by atoms with Crippen molar-refractivity contribution in [2.24, 2.45) is 0 Å². The Kier molecular flexibility index (Phi) is 4.13. The number of rotatable bonds is 5. The van der Waals surface area contributed by atoms with Crippen molar-refractivity contribution in [3.8, 4) is 0 Å². The van der Waals surface area contributed by atoms with Crippen molar-refractivity contribution in [1.82, 2.24) is 0 Å². The van der Waals surface area contributed by atoms with E-state index in [9.17, 15) is 4.79 Å². The molecule has 18 heavy (non-hydrogen) atoms. The van der Waals surface area contributed by atoms with Crippen LogP contribution in [0.3, 0.4) is 0 Å². The Morgan fingerprint density at radius 2 is 1.56 bits per heavy atom. The molecule has 92 valence electrons. The van der Waals surface area contributed by atoms with Gasteiger partial charge < -0.3 is 5.11 Å². The molecule has 0 saturated heterocycles. The molecule has 0 spiro atoms. The van der Waals surface area contributed by atoms with Gasteiger partial charge in [0.1, 0.15) is 0 Å². The van der Waals surface area contributed by atoms with Crippen LogP contribution in [0.1, 0.15) is 27.9 Å². The lowest BCUT2D eigenvalue weighted by atomic mass is 10.0. The van der Waals surface area contributed by atoms with Crippen LogP contribution in [0, 0.1) is 0 Å². The van der Waals surface area contributed by atoms with Crippen molar-refractivity contribution in [3.63, 3.8) is 0 Å². The van der Waals surface area contributed by atoms with Gasteiger partial charge in [-0.1, -0.05) is 42.5 Å². The van der Waals surface area contributed by atoms with Gasteiger partial charge in [0.15, 0.2) is 0 Å². The van der Waals surface area contributed by atoms with Gasteiger partial charge in [0.25, 0.3) is 0 Å². The lowest BCUT2D eigenvalue weighted by Crippen LogP contribution is -1.97. The highest BCUT2D eigenvalue weighted by atomic mass is 16.4. The molecule has 0 unspecified atom stereocenters. The molecule has 2 heteroatoms. The molecule has 0 aliphatic carbocycles. The standard InChI is InChI=1S/C16H16O2/c17-16(18)15-11-5-10-14(12-15)9-4-8-13-6-2-1-3-7-13/h1-3,5-7,10-12H,4,8-9H2,(H,17,18). The molecular formula is C16H16O2. The quantitative estimate of drug-likeness (QED) is 0.867. The molecule has 0 aliphatic heterocycles. The van der Waals surface area contributed by atoms with E-state index in [0.29, 0.717) is 5.56 Å². The van der Waals surface area contributed by atoms with Crippen LogP contribution in [0.5, 0.6) is 0 Å². The summed E-state index contributed by atoms with van der Waals surface area (Å²) in [6.07, 6.45) is 2.97. The number of carbonyl (C=O) groups is 1. The van der Waals surface area contributed by atoms with E-state index in [4.69, 9.17) is 5.11 Å². The highest BCUT2D eigenvalue weighted by molar-refractivity contribution is 5.87. The normalized spacial score (nSPS) is 10.2. The SMILES string of the molecule is O=C(O)c1cccc(CCCc2ccccc2)c1. The van der Waals surface area contributed by atoms with Crippen LogP contribution in [0.2, 0.25) is 0 Å². The Labute approximate surface area is 107 Å². The summed E-state index contributed by atoms with van der Waals surface area (Å²) in [5.74, 6) is -0.861. The van der Waals surface area contributed by atoms with Crippen LogP contribution in [0.15, 0.2) is 54.6 Å². The number of hydrogen-bond acceptors (Lipinski definition) is 1. The summed E-state index contributed by atoms with van der Waals surface area (Å²) in [6.45, 7) is 0. The Hall–Kier alpha value is -2.09. The van der Waals surface area contributed by atoms with Crippen molar-refractivity contribution in [1.29, 1.82) is 0 Å². The summed E-state index contributed by atoms with van der Waals surface area (Å²) in [5, 5.41) is 8.91. The molecule has 0 fully saturated rings. The van der Waals surface area contributed by atoms with Crippen LogP contribution < -0.4 is 0 Å². The van der Waals surface area contributed by atoms with Crippen LogP contribution in [0.25, 0.3) is 0 Å². The monoisotopic (exact) mass is 240 g/mol. The van der Waals surface area contributed by atoms with Crippen molar-refractivity contribution in [2.45, 2.75) is 19.3 Å². The first-order valence-electron chi connectivity index (χ1n) is 6.12. The van der Waals surface area contributed by atoms with Crippen molar-refractivity contribution < 1.29 is 9.90 Å². The average Bonchev–Trinajstić information content (AvgIpc) is 2.40. The van der Waals surface area contributed by atoms with Gasteiger partial charge in [-0.15, -0.1) is 0 Å². The Morgan fingerprint density at radius 3 is 2.28 bits per heavy atom. The zero-order valence-corrected chi connectivity index (χ0v) is 10.2. The fourth-order valence-corrected chi connectivity index (χ4v) is 2.00. The zero-order chi connectivity index (χ0) is 12.8. The van der Waals surface area contributed by atoms with E-state index in [1.807, 2.05) is 24.3 Å². The topological polar surface area (TPSA) is 37.3 Å². The zero-order valence-electron chi connectivity index (χ0n) is 10.2. The third kappa shape index (κ3) is 3.45. The molecule has 2 aromatic rings. The molecule has 0 amide bonds. The molecule has 0 saturated carbocycles. The Bertz CT molecular complexity index is 518. The van der Waals surface area contributed by atoms with E-state index in [1.54, 1.807) is 18.2 Å². The van der Waals surface area contributed by atoms with E-state index in [1.165, 1.54) is 5.56 Å². The molecule has 1 N–H and O–H groups in total. The average molecular weight is 240 g/mol. The number of carboxylic acid groups (broad SMARTS) is 1. The molecule has 0 aliphatic rings. The number of hydrogen-bond donors (Lipinski definition) is 1. The van der Waals surface area contributed by atoms with E-state index in [-0.39, 0.29) is 0 Å². The molecule has 2 rings (SSSR count). The molecule has 0 radical (unpaired) electrons. The second kappa shape index (κ2) is 6.01. The molecule has 0 aromatic heterocycles. The number of aryl methyl sites for hydroxylation is 2. The van der Waals surface area contributed by atoms with Gasteiger partial charge in [0.2, 0.25) is 0 Å². The molecule has 0 atom stereocenters. The summed E-state index contributed by atoms with van der Waals surface area (Å²) < 4.78 is 0. The van der Waals surface area contributed by atoms with E-state index in [2.05, 4.69) is 12.1 Å². The number of benzene rings is 2. The van der Waals surface area contributed by atoms with Crippen LogP contribution in [-0.4, -0.2) is 11.1 Å². The van der Waals surface area contributed by atoms with E-state index in [0.717, 1.165) is 24.8 Å². The van der Waals surface area contributed by atoms with Gasteiger partial charge in [-0.2, -0.15) is 0 Å². The van der Waals surface area contributed by atoms with Crippen molar-refractivity contribution in [3.05, 3.63) is 71.3 Å². The lowest BCUT2D eigenvalue weighted by Gasteiger charge is -2.03. The molecule has 2 aromatic carbocycles. The number of aromatic carboxylic acids is 1. The predicted octanol–water partition coefficient (Wildman–Crippen LogP) is 3.56. The Balaban J connectivity index is 1.90. The lowest BCUT2D eigenvalue weighted by molar-refractivity contribution is 0.0697. The van der Waals surface area contributed by atoms with E-state index < -0.39 is 5.97 Å². The summed E-state index contributed by atoms with van der Waals surface area (Å²) in [6, 6.07) is 17.5. The van der Waals surface area contributed by atoms with Crippen molar-refractivity contribution >= 4 is 5.97 Å². The maximum atomic E-state index is 10.8. The minimum absolute atomic E-state index is 0.368. The minimum Gasteiger partial charge on any atom is -0.478 e. The van der Waals surface area contributed by atoms with E-state index >= 15 is 0 Å². The third-order valence-corrected chi connectivity index (χ3v) is 2.95. The molecule has 0 bridgehead atoms. The molecule has 0 heterocycles. The predicted molar refractivity (Wildman–Crippen MR) is 71.9 cm³/mol. The highest BCUT2D eigenvalue weighted by Gasteiger charge is 2.03.